The summed E-state index contributed by atoms with van der Waals surface area (Å²) in [6.45, 7) is 1.80. The predicted octanol–water partition coefficient (Wildman–Crippen LogP) is 1.48. The molecule has 0 radical (unpaired) electrons. The van der Waals surface area contributed by atoms with Gasteiger partial charge in [0.2, 0.25) is 5.95 Å². The molecule has 0 saturated carbocycles. The molecular formula is C21H23BN4O. The molecule has 6 heteroatoms. The molecule has 1 fully saturated rings. The summed E-state index contributed by atoms with van der Waals surface area (Å²) in [5, 5.41) is 0. The third-order valence-electron chi connectivity index (χ3n) is 5.34. The maximum Gasteiger partial charge on any atom is 0.255 e. The van der Waals surface area contributed by atoms with E-state index in [9.17, 15) is 4.79 Å². The molecular weight excluding hydrogens is 335 g/mol. The summed E-state index contributed by atoms with van der Waals surface area (Å²) < 4.78 is 1.65. The minimum absolute atomic E-state index is 0.0377. The Bertz CT molecular complexity index is 985. The number of aromatic nitrogens is 3. The molecule has 4 rings (SSSR count). The lowest BCUT2D eigenvalue weighted by Crippen LogP contribution is -2.38. The summed E-state index contributed by atoms with van der Waals surface area (Å²) in [4.78, 5) is 23.7. The fraction of sp³-hybridized carbons (Fsp3) is 0.286. The fourth-order valence-electron chi connectivity index (χ4n) is 3.75. The predicted molar refractivity (Wildman–Crippen MR) is 112 cm³/mol. The topological polar surface area (TPSA) is 51.0 Å². The van der Waals surface area contributed by atoms with Crippen LogP contribution in [0, 0.1) is 0 Å². The average Bonchev–Trinajstić information content (AvgIpc) is 2.71. The van der Waals surface area contributed by atoms with Gasteiger partial charge < -0.3 is 4.90 Å². The normalized spacial score (nSPS) is 17.1. The molecule has 0 amide bonds. The monoisotopic (exact) mass is 358 g/mol. The molecule has 27 heavy (non-hydrogen) atoms. The highest BCUT2D eigenvalue weighted by Crippen LogP contribution is 2.29. The maximum atomic E-state index is 12.5. The van der Waals surface area contributed by atoms with E-state index < -0.39 is 0 Å². The Morgan fingerprint density at radius 3 is 2.59 bits per heavy atom. The van der Waals surface area contributed by atoms with Crippen LogP contribution in [-0.2, 0) is 7.05 Å². The van der Waals surface area contributed by atoms with Crippen LogP contribution in [0.3, 0.4) is 0 Å². The van der Waals surface area contributed by atoms with Crippen molar-refractivity contribution in [1.82, 2.24) is 14.5 Å². The molecule has 1 aliphatic heterocycles. The number of pyridine rings is 1. The van der Waals surface area contributed by atoms with E-state index in [1.807, 2.05) is 12.1 Å². The van der Waals surface area contributed by atoms with E-state index in [1.54, 1.807) is 30.1 Å². The van der Waals surface area contributed by atoms with Crippen LogP contribution in [0.15, 0.2) is 59.7 Å². The number of rotatable bonds is 3. The Kier molecular flexibility index (Phi) is 4.80. The smallest absolute Gasteiger partial charge is 0.255 e. The molecule has 2 aromatic heterocycles. The van der Waals surface area contributed by atoms with Crippen LogP contribution >= 0.6 is 0 Å². The first-order chi connectivity index (χ1) is 13.1. The highest BCUT2D eigenvalue weighted by molar-refractivity contribution is 6.32. The first-order valence-electron chi connectivity index (χ1n) is 9.42. The Morgan fingerprint density at radius 1 is 1.11 bits per heavy atom. The van der Waals surface area contributed by atoms with Gasteiger partial charge in [-0.25, -0.2) is 4.98 Å². The number of benzene rings is 1. The maximum absolute atomic E-state index is 12.5. The standard InChI is InChI=1S/C21H23BN4O/c1-25-20(27)13-19(16-8-10-23-11-9-16)24-21(25)26-12-2-3-17(14-26)15-4-6-18(22)7-5-15/h4-11,13,17H,2-3,12,14,22H2,1H3. The molecule has 0 N–H and O–H groups in total. The van der Waals surface area contributed by atoms with Crippen LogP contribution in [0.2, 0.25) is 0 Å². The molecule has 3 aromatic rings. The highest BCUT2D eigenvalue weighted by Gasteiger charge is 2.24. The third kappa shape index (κ3) is 3.65. The molecule has 1 aromatic carbocycles. The first kappa shape index (κ1) is 17.5. The van der Waals surface area contributed by atoms with E-state index in [-0.39, 0.29) is 5.56 Å². The number of nitrogens with zero attached hydrogens (tertiary/aromatic N) is 4. The van der Waals surface area contributed by atoms with Gasteiger partial charge in [-0.3, -0.25) is 14.3 Å². The molecule has 3 heterocycles. The number of hydrogen-bond donors (Lipinski definition) is 0. The van der Waals surface area contributed by atoms with Crippen LogP contribution in [-0.4, -0.2) is 35.5 Å². The average molecular weight is 358 g/mol. The van der Waals surface area contributed by atoms with Crippen molar-refractivity contribution in [3.05, 3.63) is 70.8 Å². The molecule has 5 nitrogen and oxygen atoms in total. The Balaban J connectivity index is 1.67. The summed E-state index contributed by atoms with van der Waals surface area (Å²) in [7, 11) is 3.91. The zero-order chi connectivity index (χ0) is 18.8. The summed E-state index contributed by atoms with van der Waals surface area (Å²) in [6.07, 6.45) is 5.70. The molecule has 1 saturated heterocycles. The van der Waals surface area contributed by atoms with Gasteiger partial charge in [-0.1, -0.05) is 29.7 Å². The first-order valence-corrected chi connectivity index (χ1v) is 9.42. The second-order valence-corrected chi connectivity index (χ2v) is 7.27. The highest BCUT2D eigenvalue weighted by atomic mass is 16.1. The zero-order valence-electron chi connectivity index (χ0n) is 15.8. The Hall–Kier alpha value is -2.89. The van der Waals surface area contributed by atoms with Crippen LogP contribution < -0.4 is 15.9 Å². The van der Waals surface area contributed by atoms with Gasteiger partial charge in [0.25, 0.3) is 5.56 Å². The number of piperidine rings is 1. The number of hydrogen-bond acceptors (Lipinski definition) is 4. The summed E-state index contributed by atoms with van der Waals surface area (Å²) in [5.41, 5.74) is 4.22. The summed E-state index contributed by atoms with van der Waals surface area (Å²) in [5.74, 6) is 1.20. The molecule has 136 valence electrons. The van der Waals surface area contributed by atoms with E-state index in [0.717, 1.165) is 37.4 Å². The van der Waals surface area contributed by atoms with Gasteiger partial charge in [0.1, 0.15) is 7.85 Å². The van der Waals surface area contributed by atoms with Gasteiger partial charge in [0, 0.05) is 50.1 Å². The Morgan fingerprint density at radius 2 is 1.85 bits per heavy atom. The molecule has 1 unspecified atom stereocenters. The zero-order valence-corrected chi connectivity index (χ0v) is 15.8. The number of anilines is 1. The molecule has 0 spiro atoms. The van der Waals surface area contributed by atoms with Crippen molar-refractivity contribution in [3.8, 4) is 11.3 Å². The lowest BCUT2D eigenvalue weighted by molar-refractivity contribution is 0.497. The summed E-state index contributed by atoms with van der Waals surface area (Å²) in [6, 6.07) is 14.2. The van der Waals surface area contributed by atoms with Gasteiger partial charge >= 0.3 is 0 Å². The van der Waals surface area contributed by atoms with Crippen molar-refractivity contribution in [2.75, 3.05) is 18.0 Å². The van der Waals surface area contributed by atoms with Gasteiger partial charge in [-0.05, 0) is 30.5 Å². The van der Waals surface area contributed by atoms with Gasteiger partial charge in [-0.15, -0.1) is 0 Å². The Labute approximate surface area is 160 Å². The van der Waals surface area contributed by atoms with Crippen LogP contribution in [0.1, 0.15) is 24.3 Å². The van der Waals surface area contributed by atoms with Crippen molar-refractivity contribution in [2.24, 2.45) is 7.05 Å². The van der Waals surface area contributed by atoms with E-state index in [4.69, 9.17) is 4.98 Å². The lowest BCUT2D eigenvalue weighted by atomic mass is 9.87. The molecule has 1 aliphatic rings. The molecule has 0 aliphatic carbocycles. The van der Waals surface area contributed by atoms with E-state index in [1.165, 1.54) is 11.0 Å². The van der Waals surface area contributed by atoms with E-state index >= 15 is 0 Å². The van der Waals surface area contributed by atoms with Crippen molar-refractivity contribution in [3.63, 3.8) is 0 Å². The van der Waals surface area contributed by atoms with Gasteiger partial charge in [0.15, 0.2) is 0 Å². The quantitative estimate of drug-likeness (QED) is 0.666. The van der Waals surface area contributed by atoms with Crippen molar-refractivity contribution in [1.29, 1.82) is 0 Å². The minimum Gasteiger partial charge on any atom is -0.342 e. The third-order valence-corrected chi connectivity index (χ3v) is 5.34. The molecule has 0 bridgehead atoms. The lowest BCUT2D eigenvalue weighted by Gasteiger charge is -2.34. The van der Waals surface area contributed by atoms with Crippen LogP contribution in [0.5, 0.6) is 0 Å². The molecule has 1 atom stereocenters. The van der Waals surface area contributed by atoms with Crippen molar-refractivity contribution in [2.45, 2.75) is 18.8 Å². The van der Waals surface area contributed by atoms with Crippen LogP contribution in [0.4, 0.5) is 5.95 Å². The van der Waals surface area contributed by atoms with Gasteiger partial charge in [-0.2, -0.15) is 0 Å². The van der Waals surface area contributed by atoms with E-state index in [2.05, 4.69) is 42.0 Å². The largest absolute Gasteiger partial charge is 0.342 e. The minimum atomic E-state index is -0.0377. The second-order valence-electron chi connectivity index (χ2n) is 7.27. The van der Waals surface area contributed by atoms with Crippen molar-refractivity contribution < 1.29 is 0 Å². The van der Waals surface area contributed by atoms with Crippen molar-refractivity contribution >= 4 is 19.3 Å². The second kappa shape index (κ2) is 7.39. The van der Waals surface area contributed by atoms with Gasteiger partial charge in [0.05, 0.1) is 5.69 Å². The van der Waals surface area contributed by atoms with Crippen LogP contribution in [0.25, 0.3) is 11.3 Å². The fourth-order valence-corrected chi connectivity index (χ4v) is 3.75. The van der Waals surface area contributed by atoms with E-state index in [0.29, 0.717) is 11.6 Å². The summed E-state index contributed by atoms with van der Waals surface area (Å²) >= 11 is 0. The SMILES string of the molecule is Bc1ccc(C2CCCN(c3nc(-c4ccncc4)cc(=O)n3C)C2)cc1.